The van der Waals surface area contributed by atoms with E-state index in [2.05, 4.69) is 13.0 Å². The minimum atomic E-state index is -1.33. The van der Waals surface area contributed by atoms with Gasteiger partial charge < -0.3 is 14.6 Å². The highest BCUT2D eigenvalue weighted by atomic mass is 16.5. The Morgan fingerprint density at radius 2 is 1.97 bits per heavy atom. The highest BCUT2D eigenvalue weighted by Gasteiger charge is 2.63. The monoisotopic (exact) mass is 412 g/mol. The van der Waals surface area contributed by atoms with Crippen LogP contribution in [0.3, 0.4) is 0 Å². The van der Waals surface area contributed by atoms with Crippen molar-refractivity contribution in [2.75, 3.05) is 0 Å². The molecule has 1 N–H and O–H groups in total. The van der Waals surface area contributed by atoms with E-state index in [0.29, 0.717) is 17.8 Å². The van der Waals surface area contributed by atoms with Gasteiger partial charge in [-0.05, 0) is 69.6 Å². The van der Waals surface area contributed by atoms with Crippen molar-refractivity contribution in [2.45, 2.75) is 78.1 Å². The van der Waals surface area contributed by atoms with Crippen molar-refractivity contribution in [1.29, 1.82) is 0 Å². The number of Topliss-reactive ketones (excluding diaryl/α,β-unsaturated/α-hetero) is 1. The molecule has 2 aliphatic heterocycles. The van der Waals surface area contributed by atoms with Crippen LogP contribution >= 0.6 is 0 Å². The topological polar surface area (TPSA) is 72.8 Å². The van der Waals surface area contributed by atoms with Gasteiger partial charge in [0.05, 0.1) is 11.7 Å². The maximum absolute atomic E-state index is 13.8. The van der Waals surface area contributed by atoms with E-state index in [1.807, 2.05) is 40.7 Å². The first-order chi connectivity index (χ1) is 14.0. The fraction of sp³-hybridized carbons (Fsp3) is 0.600. The van der Waals surface area contributed by atoms with Crippen LogP contribution in [0.2, 0.25) is 0 Å². The number of carbonyl (C=O) groups is 2. The Labute approximate surface area is 178 Å². The van der Waals surface area contributed by atoms with Gasteiger partial charge in [-0.25, -0.2) is 4.79 Å². The van der Waals surface area contributed by atoms with Gasteiger partial charge in [0.25, 0.3) is 0 Å². The second-order valence-electron chi connectivity index (χ2n) is 9.89. The van der Waals surface area contributed by atoms with Gasteiger partial charge in [0.15, 0.2) is 5.78 Å². The van der Waals surface area contributed by atoms with Crippen molar-refractivity contribution in [3.8, 4) is 0 Å². The molecule has 4 aliphatic rings. The van der Waals surface area contributed by atoms with Crippen LogP contribution in [-0.2, 0) is 19.1 Å². The van der Waals surface area contributed by atoms with Crippen LogP contribution in [0.5, 0.6) is 0 Å². The number of hydrogen-bond donors (Lipinski definition) is 1. The van der Waals surface area contributed by atoms with E-state index in [1.54, 1.807) is 0 Å². The lowest BCUT2D eigenvalue weighted by molar-refractivity contribution is -0.146. The lowest BCUT2D eigenvalue weighted by atomic mass is 9.62. The van der Waals surface area contributed by atoms with Gasteiger partial charge in [-0.1, -0.05) is 25.5 Å². The SMILES string of the molecule is CC(C)=C[C@H]1O[C@@](C)(C/C=C2/OC(=O)C=C2C)C2=C1[C@@H](C)[C@@H]1CC[C@H](C)[C@]1(O)C2=O. The zero-order valence-corrected chi connectivity index (χ0v) is 18.7. The maximum Gasteiger partial charge on any atom is 0.336 e. The molecule has 6 atom stereocenters. The molecule has 0 spiro atoms. The average molecular weight is 413 g/mol. The molecule has 1 fully saturated rings. The third-order valence-corrected chi connectivity index (χ3v) is 7.52. The van der Waals surface area contributed by atoms with Crippen molar-refractivity contribution < 1.29 is 24.2 Å². The standard InChI is InChI=1S/C25H32O5/c1-13(2)11-19-21-16(5)17-8-7-15(4)25(17,28)23(27)22(21)24(6,30-19)10-9-18-14(3)12-20(26)29-18/h9,11-12,15-17,19,28H,7-8,10H2,1-6H3/b18-9+/t15-,16-,17-,19+,24-,25+/m0/s1. The van der Waals surface area contributed by atoms with E-state index >= 15 is 0 Å². The van der Waals surface area contributed by atoms with Crippen LogP contribution in [-0.4, -0.2) is 34.2 Å². The predicted octanol–water partition coefficient (Wildman–Crippen LogP) is 4.18. The third kappa shape index (κ3) is 2.97. The van der Waals surface area contributed by atoms with E-state index < -0.39 is 11.2 Å². The second kappa shape index (κ2) is 7.03. The van der Waals surface area contributed by atoms with Gasteiger partial charge >= 0.3 is 5.97 Å². The summed E-state index contributed by atoms with van der Waals surface area (Å²) in [5, 5.41) is 11.6. The Hall–Kier alpha value is -1.98. The summed E-state index contributed by atoms with van der Waals surface area (Å²) >= 11 is 0. The van der Waals surface area contributed by atoms with Crippen molar-refractivity contribution >= 4 is 11.8 Å². The molecule has 0 aromatic carbocycles. The summed E-state index contributed by atoms with van der Waals surface area (Å²) in [5.74, 6) is -0.118. The number of ether oxygens (including phenoxy) is 2. The zero-order chi connectivity index (χ0) is 22.0. The minimum Gasteiger partial charge on any atom is -0.423 e. The van der Waals surface area contributed by atoms with Crippen LogP contribution in [0.15, 0.2) is 46.3 Å². The summed E-state index contributed by atoms with van der Waals surface area (Å²) in [7, 11) is 0. The lowest BCUT2D eigenvalue weighted by Gasteiger charge is -2.42. The number of cyclic esters (lactones) is 1. The molecule has 162 valence electrons. The van der Waals surface area contributed by atoms with Gasteiger partial charge in [0.2, 0.25) is 0 Å². The molecule has 5 nitrogen and oxygen atoms in total. The minimum absolute atomic E-state index is 0.0636. The Balaban J connectivity index is 1.79. The largest absolute Gasteiger partial charge is 0.423 e. The smallest absolute Gasteiger partial charge is 0.336 e. The van der Waals surface area contributed by atoms with Crippen LogP contribution in [0.4, 0.5) is 0 Å². The van der Waals surface area contributed by atoms with Crippen LogP contribution < -0.4 is 0 Å². The fourth-order valence-electron chi connectivity index (χ4n) is 5.92. The molecular formula is C25H32O5. The number of fused-ring (bicyclic) bond motifs is 1. The molecule has 0 aromatic heterocycles. The second-order valence-corrected chi connectivity index (χ2v) is 9.89. The summed E-state index contributed by atoms with van der Waals surface area (Å²) in [4.78, 5) is 25.4. The molecule has 2 heterocycles. The summed E-state index contributed by atoms with van der Waals surface area (Å²) in [5.41, 5.74) is 1.31. The molecule has 0 amide bonds. The van der Waals surface area contributed by atoms with E-state index in [0.717, 1.165) is 29.6 Å². The van der Waals surface area contributed by atoms with Gasteiger partial charge in [-0.2, -0.15) is 0 Å². The Bertz CT molecular complexity index is 931. The fourth-order valence-corrected chi connectivity index (χ4v) is 5.92. The van der Waals surface area contributed by atoms with E-state index in [4.69, 9.17) is 9.47 Å². The number of esters is 1. The maximum atomic E-state index is 13.8. The number of allylic oxidation sites excluding steroid dienone is 2. The van der Waals surface area contributed by atoms with Gasteiger partial charge in [0.1, 0.15) is 11.4 Å². The lowest BCUT2D eigenvalue weighted by Crippen LogP contribution is -2.55. The summed E-state index contributed by atoms with van der Waals surface area (Å²) in [6.45, 7) is 11.9. The number of rotatable bonds is 3. The summed E-state index contributed by atoms with van der Waals surface area (Å²) in [6, 6.07) is 0. The first-order valence-electron chi connectivity index (χ1n) is 10.9. The molecule has 30 heavy (non-hydrogen) atoms. The molecular weight excluding hydrogens is 380 g/mol. The molecule has 0 unspecified atom stereocenters. The van der Waals surface area contributed by atoms with Crippen molar-refractivity contribution in [2.24, 2.45) is 17.8 Å². The van der Waals surface area contributed by atoms with Gasteiger partial charge in [-0.15, -0.1) is 0 Å². The first-order valence-corrected chi connectivity index (χ1v) is 10.9. The van der Waals surface area contributed by atoms with E-state index in [1.165, 1.54) is 6.08 Å². The van der Waals surface area contributed by atoms with Crippen LogP contribution in [0.1, 0.15) is 60.8 Å². The number of hydrogen-bond acceptors (Lipinski definition) is 5. The Morgan fingerprint density at radius 1 is 1.27 bits per heavy atom. The average Bonchev–Trinajstić information content (AvgIpc) is 3.24. The number of aliphatic hydroxyl groups is 1. The third-order valence-electron chi connectivity index (χ3n) is 7.52. The molecule has 0 aromatic rings. The quantitative estimate of drug-likeness (QED) is 0.556. The van der Waals surface area contributed by atoms with E-state index in [-0.39, 0.29) is 35.6 Å². The molecule has 0 saturated heterocycles. The number of ketones is 1. The normalized spacial score (nSPS) is 41.7. The molecule has 1 saturated carbocycles. The highest BCUT2D eigenvalue weighted by Crippen LogP contribution is 2.57. The van der Waals surface area contributed by atoms with Crippen molar-refractivity contribution in [3.05, 3.63) is 46.3 Å². The Morgan fingerprint density at radius 3 is 2.57 bits per heavy atom. The summed E-state index contributed by atoms with van der Waals surface area (Å²) in [6.07, 6.45) is 7.17. The van der Waals surface area contributed by atoms with E-state index in [9.17, 15) is 14.7 Å². The molecule has 2 aliphatic carbocycles. The molecule has 0 bridgehead atoms. The molecule has 0 radical (unpaired) electrons. The summed E-state index contributed by atoms with van der Waals surface area (Å²) < 4.78 is 11.8. The van der Waals surface area contributed by atoms with Crippen molar-refractivity contribution in [3.63, 3.8) is 0 Å². The van der Waals surface area contributed by atoms with Gasteiger partial charge in [-0.3, -0.25) is 4.79 Å². The van der Waals surface area contributed by atoms with Crippen LogP contribution in [0.25, 0.3) is 0 Å². The highest BCUT2D eigenvalue weighted by molar-refractivity contribution is 6.06. The van der Waals surface area contributed by atoms with Crippen molar-refractivity contribution in [1.82, 2.24) is 0 Å². The zero-order valence-electron chi connectivity index (χ0n) is 18.7. The first kappa shape index (κ1) is 21.3. The Kier molecular flexibility index (Phi) is 4.98. The molecule has 4 rings (SSSR count). The predicted molar refractivity (Wildman–Crippen MR) is 113 cm³/mol. The molecule has 5 heteroatoms. The van der Waals surface area contributed by atoms with Crippen LogP contribution in [0, 0.1) is 17.8 Å². The number of carbonyl (C=O) groups excluding carboxylic acids is 2. The van der Waals surface area contributed by atoms with Gasteiger partial charge in [0, 0.05) is 24.0 Å².